The van der Waals surface area contributed by atoms with Crippen LogP contribution >= 0.6 is 12.2 Å². The van der Waals surface area contributed by atoms with Gasteiger partial charge in [-0.1, -0.05) is 44.4 Å². The number of nitrogens with one attached hydrogen (secondary N) is 3. The highest BCUT2D eigenvalue weighted by Gasteiger charge is 2.14. The molecule has 3 aromatic carbocycles. The molecule has 0 fully saturated rings. The zero-order chi connectivity index (χ0) is 26.9. The zero-order valence-corrected chi connectivity index (χ0v) is 22.3. The van der Waals surface area contributed by atoms with E-state index in [0.717, 1.165) is 29.5 Å². The minimum Gasteiger partial charge on any atom is -0.494 e. The quantitative estimate of drug-likeness (QED) is 0.150. The largest absolute Gasteiger partial charge is 0.494 e. The van der Waals surface area contributed by atoms with Gasteiger partial charge in [-0.15, -0.1) is 0 Å². The van der Waals surface area contributed by atoms with Crippen LogP contribution in [0.3, 0.4) is 0 Å². The molecule has 0 saturated heterocycles. The third kappa shape index (κ3) is 7.20. The molecule has 0 radical (unpaired) electrons. The predicted molar refractivity (Wildman–Crippen MR) is 155 cm³/mol. The van der Waals surface area contributed by atoms with Gasteiger partial charge in [-0.25, -0.2) is 0 Å². The molecular formula is C30H31N3O4S. The minimum atomic E-state index is -0.333. The highest BCUT2D eigenvalue weighted by molar-refractivity contribution is 7.80. The van der Waals surface area contributed by atoms with Crippen LogP contribution in [0.4, 0.5) is 11.4 Å². The second kappa shape index (κ2) is 12.9. The summed E-state index contributed by atoms with van der Waals surface area (Å²) in [5.74, 6) is 0.328. The predicted octanol–water partition coefficient (Wildman–Crippen LogP) is 7.08. The summed E-state index contributed by atoms with van der Waals surface area (Å²) in [6.45, 7) is 4.71. The van der Waals surface area contributed by atoms with Gasteiger partial charge < -0.3 is 19.8 Å². The van der Waals surface area contributed by atoms with Gasteiger partial charge in [0.2, 0.25) is 0 Å². The van der Waals surface area contributed by atoms with Crippen molar-refractivity contribution in [3.05, 3.63) is 89.7 Å². The number of carbonyl (C=O) groups is 2. The Morgan fingerprint density at radius 3 is 2.42 bits per heavy atom. The normalized spacial score (nSPS) is 10.7. The number of amides is 2. The van der Waals surface area contributed by atoms with Crippen LogP contribution in [0.5, 0.6) is 5.75 Å². The summed E-state index contributed by atoms with van der Waals surface area (Å²) in [5.41, 5.74) is 3.28. The van der Waals surface area contributed by atoms with Crippen molar-refractivity contribution in [2.24, 2.45) is 0 Å². The summed E-state index contributed by atoms with van der Waals surface area (Å²) >= 11 is 5.32. The van der Waals surface area contributed by atoms with Crippen molar-refractivity contribution in [3.63, 3.8) is 0 Å². The first-order chi connectivity index (χ1) is 18.4. The maximum atomic E-state index is 12.7. The first-order valence-electron chi connectivity index (χ1n) is 12.7. The van der Waals surface area contributed by atoms with Gasteiger partial charge in [0.25, 0.3) is 11.8 Å². The Kier molecular flexibility index (Phi) is 9.11. The van der Waals surface area contributed by atoms with Crippen molar-refractivity contribution < 1.29 is 18.7 Å². The third-order valence-electron chi connectivity index (χ3n) is 5.99. The van der Waals surface area contributed by atoms with Crippen LogP contribution in [0.25, 0.3) is 11.0 Å². The maximum absolute atomic E-state index is 12.7. The van der Waals surface area contributed by atoms with Crippen molar-refractivity contribution in [1.82, 2.24) is 5.32 Å². The van der Waals surface area contributed by atoms with Crippen LogP contribution < -0.4 is 20.7 Å². The number of rotatable bonds is 10. The molecule has 196 valence electrons. The first-order valence-corrected chi connectivity index (χ1v) is 13.1. The molecule has 1 heterocycles. The SMILES string of the molecule is CCCCCCOc1ccc(C(=O)NC(=S)Nc2ccc(NC(=O)c3cc4ccccc4o3)c(C)c2)cc1. The van der Waals surface area contributed by atoms with Crippen molar-refractivity contribution in [2.45, 2.75) is 39.5 Å². The van der Waals surface area contributed by atoms with Crippen LogP contribution in [-0.4, -0.2) is 23.5 Å². The van der Waals surface area contributed by atoms with Crippen LogP contribution in [0.15, 0.2) is 77.2 Å². The van der Waals surface area contributed by atoms with E-state index in [4.69, 9.17) is 21.4 Å². The molecule has 0 saturated carbocycles. The third-order valence-corrected chi connectivity index (χ3v) is 6.20. The topological polar surface area (TPSA) is 92.6 Å². The molecule has 38 heavy (non-hydrogen) atoms. The molecular weight excluding hydrogens is 498 g/mol. The Hall–Kier alpha value is -4.17. The summed E-state index contributed by atoms with van der Waals surface area (Å²) in [6, 6.07) is 21.5. The molecule has 8 heteroatoms. The maximum Gasteiger partial charge on any atom is 0.291 e. The van der Waals surface area contributed by atoms with E-state index in [9.17, 15) is 9.59 Å². The van der Waals surface area contributed by atoms with Gasteiger partial charge in [-0.2, -0.15) is 0 Å². The lowest BCUT2D eigenvalue weighted by Crippen LogP contribution is -2.34. The zero-order valence-electron chi connectivity index (χ0n) is 21.5. The van der Waals surface area contributed by atoms with E-state index in [0.29, 0.717) is 29.1 Å². The molecule has 0 bridgehead atoms. The van der Waals surface area contributed by atoms with Crippen molar-refractivity contribution >= 4 is 51.5 Å². The summed E-state index contributed by atoms with van der Waals surface area (Å²) in [5, 5.41) is 9.62. The molecule has 0 unspecified atom stereocenters. The number of hydrogen-bond acceptors (Lipinski definition) is 5. The van der Waals surface area contributed by atoms with Crippen LogP contribution in [0.2, 0.25) is 0 Å². The van der Waals surface area contributed by atoms with E-state index in [2.05, 4.69) is 22.9 Å². The Labute approximate surface area is 227 Å². The Morgan fingerprint density at radius 1 is 0.895 bits per heavy atom. The van der Waals surface area contributed by atoms with Crippen LogP contribution in [-0.2, 0) is 0 Å². The minimum absolute atomic E-state index is 0.171. The van der Waals surface area contributed by atoms with Gasteiger partial charge in [0.1, 0.15) is 11.3 Å². The lowest BCUT2D eigenvalue weighted by atomic mass is 10.1. The fourth-order valence-electron chi connectivity index (χ4n) is 3.92. The summed E-state index contributed by atoms with van der Waals surface area (Å²) in [4.78, 5) is 25.3. The van der Waals surface area contributed by atoms with Gasteiger partial charge in [-0.3, -0.25) is 14.9 Å². The second-order valence-corrected chi connectivity index (χ2v) is 9.38. The molecule has 7 nitrogen and oxygen atoms in total. The van der Waals surface area contributed by atoms with E-state index in [1.807, 2.05) is 37.3 Å². The Morgan fingerprint density at radius 2 is 1.68 bits per heavy atom. The Balaban J connectivity index is 1.28. The van der Waals surface area contributed by atoms with E-state index >= 15 is 0 Å². The molecule has 3 N–H and O–H groups in total. The van der Waals surface area contributed by atoms with E-state index in [1.54, 1.807) is 42.5 Å². The number of benzene rings is 3. The molecule has 1 aromatic heterocycles. The number of thiocarbonyl (C=S) groups is 1. The van der Waals surface area contributed by atoms with Gasteiger partial charge in [0, 0.05) is 22.3 Å². The summed E-state index contributed by atoms with van der Waals surface area (Å²) in [7, 11) is 0. The lowest BCUT2D eigenvalue weighted by Gasteiger charge is -2.13. The average molecular weight is 530 g/mol. The number of fused-ring (bicyclic) bond motifs is 1. The summed E-state index contributed by atoms with van der Waals surface area (Å²) < 4.78 is 11.4. The van der Waals surface area contributed by atoms with Crippen molar-refractivity contribution in [2.75, 3.05) is 17.2 Å². The highest BCUT2D eigenvalue weighted by atomic mass is 32.1. The van der Waals surface area contributed by atoms with Crippen LogP contribution in [0, 0.1) is 6.92 Å². The number of carbonyl (C=O) groups excluding carboxylic acids is 2. The number of ether oxygens (including phenoxy) is 1. The smallest absolute Gasteiger partial charge is 0.291 e. The Bertz CT molecular complexity index is 1400. The van der Waals surface area contributed by atoms with Gasteiger partial charge in [0.05, 0.1) is 6.61 Å². The van der Waals surface area contributed by atoms with Crippen LogP contribution in [0.1, 0.15) is 59.1 Å². The molecule has 0 aliphatic carbocycles. The number of anilines is 2. The van der Waals surface area contributed by atoms with E-state index < -0.39 is 0 Å². The standard InChI is InChI=1S/C30H31N3O4S/c1-3-4-5-8-17-36-24-14-11-21(12-15-24)28(34)33-30(38)31-23-13-16-25(20(2)18-23)32-29(35)27-19-22-9-6-7-10-26(22)37-27/h6-7,9-16,18-19H,3-5,8,17H2,1-2H3,(H,32,35)(H2,31,33,34,38). The van der Waals surface area contributed by atoms with E-state index in [-0.39, 0.29) is 22.7 Å². The molecule has 0 aliphatic heterocycles. The van der Waals surface area contributed by atoms with E-state index in [1.165, 1.54) is 12.8 Å². The van der Waals surface area contributed by atoms with Gasteiger partial charge >= 0.3 is 0 Å². The molecule has 0 aliphatic rings. The van der Waals surface area contributed by atoms with Crippen molar-refractivity contribution in [1.29, 1.82) is 0 Å². The molecule has 4 aromatic rings. The molecule has 0 spiro atoms. The van der Waals surface area contributed by atoms with Gasteiger partial charge in [0.15, 0.2) is 10.9 Å². The number of unbranched alkanes of at least 4 members (excludes halogenated alkanes) is 3. The van der Waals surface area contributed by atoms with Gasteiger partial charge in [-0.05, 0) is 85.7 Å². The molecule has 2 amide bonds. The molecule has 4 rings (SSSR count). The fourth-order valence-corrected chi connectivity index (χ4v) is 4.13. The number of para-hydroxylation sites is 1. The first kappa shape index (κ1) is 26.9. The highest BCUT2D eigenvalue weighted by Crippen LogP contribution is 2.23. The number of hydrogen-bond donors (Lipinski definition) is 3. The monoisotopic (exact) mass is 529 g/mol. The number of furan rings is 1. The average Bonchev–Trinajstić information content (AvgIpc) is 3.35. The lowest BCUT2D eigenvalue weighted by molar-refractivity contribution is 0.0975. The second-order valence-electron chi connectivity index (χ2n) is 8.97. The fraction of sp³-hybridized carbons (Fsp3) is 0.233. The van der Waals surface area contributed by atoms with Crippen molar-refractivity contribution in [3.8, 4) is 5.75 Å². The number of aryl methyl sites for hydroxylation is 1. The summed E-state index contributed by atoms with van der Waals surface area (Å²) in [6.07, 6.45) is 4.57. The molecule has 0 atom stereocenters.